The summed E-state index contributed by atoms with van der Waals surface area (Å²) < 4.78 is 15.0. The van der Waals surface area contributed by atoms with Crippen LogP contribution in [0.1, 0.15) is 55.4 Å². The van der Waals surface area contributed by atoms with E-state index in [-0.39, 0.29) is 17.8 Å². The van der Waals surface area contributed by atoms with Crippen LogP contribution in [0.25, 0.3) is 5.69 Å². The molecule has 1 amide bonds. The molecule has 0 radical (unpaired) electrons. The van der Waals surface area contributed by atoms with Crippen LogP contribution in [0.15, 0.2) is 24.3 Å². The predicted molar refractivity (Wildman–Crippen MR) is 91.9 cm³/mol. The fraction of sp³-hybridized carbons (Fsp3) is 0.474. The van der Waals surface area contributed by atoms with Gasteiger partial charge in [-0.3, -0.25) is 4.79 Å². The third kappa shape index (κ3) is 3.21. The maximum Gasteiger partial charge on any atom is 0.272 e. The van der Waals surface area contributed by atoms with Crippen LogP contribution in [-0.4, -0.2) is 21.7 Å². The van der Waals surface area contributed by atoms with Crippen LogP contribution in [0.3, 0.4) is 0 Å². The zero-order chi connectivity index (χ0) is 17.3. The van der Waals surface area contributed by atoms with E-state index in [1.807, 2.05) is 11.6 Å². The molecule has 0 bridgehead atoms. The number of halogens is 1. The molecular weight excluding hydrogens is 305 g/mol. The number of fused-ring (bicyclic) bond motifs is 1. The summed E-state index contributed by atoms with van der Waals surface area (Å²) in [7, 11) is 0. The van der Waals surface area contributed by atoms with Crippen LogP contribution >= 0.6 is 0 Å². The van der Waals surface area contributed by atoms with E-state index < -0.39 is 0 Å². The number of hydrogen-bond donors (Lipinski definition) is 1. The molecule has 0 saturated heterocycles. The minimum absolute atomic E-state index is 0.0905. The van der Waals surface area contributed by atoms with Crippen LogP contribution in [0.2, 0.25) is 0 Å². The van der Waals surface area contributed by atoms with Crippen LogP contribution in [0.5, 0.6) is 0 Å². The maximum absolute atomic E-state index is 13.2. The van der Waals surface area contributed by atoms with E-state index in [4.69, 9.17) is 0 Å². The molecule has 1 atom stereocenters. The second-order valence-corrected chi connectivity index (χ2v) is 6.88. The van der Waals surface area contributed by atoms with Crippen molar-refractivity contribution in [2.24, 2.45) is 5.92 Å². The first-order valence-corrected chi connectivity index (χ1v) is 8.65. The average molecular weight is 329 g/mol. The molecule has 0 fully saturated rings. The first-order chi connectivity index (χ1) is 11.5. The third-order valence-electron chi connectivity index (χ3n) is 4.83. The Kier molecular flexibility index (Phi) is 4.69. The van der Waals surface area contributed by atoms with E-state index in [0.717, 1.165) is 42.6 Å². The first-order valence-electron chi connectivity index (χ1n) is 8.65. The highest BCUT2D eigenvalue weighted by Gasteiger charge is 2.26. The molecule has 1 N–H and O–H groups in total. The summed E-state index contributed by atoms with van der Waals surface area (Å²) in [5, 5.41) is 7.63. The number of nitrogens with one attached hydrogen (secondary N) is 1. The van der Waals surface area contributed by atoms with Crippen LogP contribution in [0.4, 0.5) is 4.39 Å². The van der Waals surface area contributed by atoms with E-state index in [2.05, 4.69) is 24.3 Å². The fourth-order valence-corrected chi connectivity index (χ4v) is 3.02. The highest BCUT2D eigenvalue weighted by atomic mass is 19.1. The molecule has 1 heterocycles. The zero-order valence-electron chi connectivity index (χ0n) is 14.5. The molecule has 1 unspecified atom stereocenters. The van der Waals surface area contributed by atoms with Gasteiger partial charge in [0, 0.05) is 17.3 Å². The van der Waals surface area contributed by atoms with Gasteiger partial charge in [-0.15, -0.1) is 0 Å². The van der Waals surface area contributed by atoms with Crippen molar-refractivity contribution in [3.05, 3.63) is 47.0 Å². The fourth-order valence-electron chi connectivity index (χ4n) is 3.02. The summed E-state index contributed by atoms with van der Waals surface area (Å²) in [6, 6.07) is 6.35. The summed E-state index contributed by atoms with van der Waals surface area (Å²) >= 11 is 0. The molecule has 2 aromatic rings. The molecule has 4 nitrogen and oxygen atoms in total. The van der Waals surface area contributed by atoms with Crippen molar-refractivity contribution in [3.8, 4) is 5.69 Å². The van der Waals surface area contributed by atoms with E-state index in [1.54, 1.807) is 12.1 Å². The number of carbonyl (C=O) groups excluding carboxylic acids is 1. The predicted octanol–water partition coefficient (Wildman–Crippen LogP) is 3.66. The lowest BCUT2D eigenvalue weighted by atomic mass is 9.95. The van der Waals surface area contributed by atoms with Crippen molar-refractivity contribution < 1.29 is 9.18 Å². The number of amides is 1. The molecule has 0 spiro atoms. The highest BCUT2D eigenvalue weighted by Crippen LogP contribution is 2.27. The standard InChI is InChI=1S/C19H24FN3O/c1-12(2)13(3)21-19(24)18-16-6-4-5-7-17(16)23(22-18)15-10-8-14(20)9-11-15/h8-13H,4-7H2,1-3H3,(H,21,24). The summed E-state index contributed by atoms with van der Waals surface area (Å²) in [6.07, 6.45) is 3.92. The topological polar surface area (TPSA) is 46.9 Å². The van der Waals surface area contributed by atoms with Crippen molar-refractivity contribution in [2.75, 3.05) is 0 Å². The van der Waals surface area contributed by atoms with Gasteiger partial charge in [-0.2, -0.15) is 5.10 Å². The Labute approximate surface area is 142 Å². The summed E-state index contributed by atoms with van der Waals surface area (Å²) in [6.45, 7) is 6.17. The van der Waals surface area contributed by atoms with Gasteiger partial charge in [0.2, 0.25) is 0 Å². The van der Waals surface area contributed by atoms with Gasteiger partial charge in [0.15, 0.2) is 5.69 Å². The largest absolute Gasteiger partial charge is 0.348 e. The lowest BCUT2D eigenvalue weighted by molar-refractivity contribution is 0.0924. The molecule has 1 aliphatic rings. The molecule has 3 rings (SSSR count). The van der Waals surface area contributed by atoms with E-state index >= 15 is 0 Å². The summed E-state index contributed by atoms with van der Waals surface area (Å²) in [5.41, 5.74) is 3.43. The molecule has 24 heavy (non-hydrogen) atoms. The van der Waals surface area contributed by atoms with Crippen LogP contribution < -0.4 is 5.32 Å². The van der Waals surface area contributed by atoms with Gasteiger partial charge in [-0.1, -0.05) is 13.8 Å². The average Bonchev–Trinajstić information content (AvgIpc) is 2.95. The Morgan fingerprint density at radius 2 is 1.83 bits per heavy atom. The molecule has 1 aromatic carbocycles. The molecule has 5 heteroatoms. The number of hydrogen-bond acceptors (Lipinski definition) is 2. The van der Waals surface area contributed by atoms with Crippen molar-refractivity contribution in [3.63, 3.8) is 0 Å². The molecule has 1 aliphatic carbocycles. The highest BCUT2D eigenvalue weighted by molar-refractivity contribution is 5.94. The van der Waals surface area contributed by atoms with E-state index in [0.29, 0.717) is 11.6 Å². The van der Waals surface area contributed by atoms with Crippen molar-refractivity contribution in [1.82, 2.24) is 15.1 Å². The molecular formula is C19H24FN3O. The second kappa shape index (κ2) is 6.75. The van der Waals surface area contributed by atoms with Gasteiger partial charge in [-0.05, 0) is 62.8 Å². The Hall–Kier alpha value is -2.17. The SMILES string of the molecule is CC(C)C(C)NC(=O)c1nn(-c2ccc(F)cc2)c2c1CCCC2. The summed E-state index contributed by atoms with van der Waals surface area (Å²) in [4.78, 5) is 12.7. The normalized spacial score (nSPS) is 15.2. The van der Waals surface area contributed by atoms with Gasteiger partial charge in [-0.25, -0.2) is 9.07 Å². The van der Waals surface area contributed by atoms with Gasteiger partial charge in [0.05, 0.1) is 5.69 Å². The van der Waals surface area contributed by atoms with Crippen molar-refractivity contribution in [2.45, 2.75) is 52.5 Å². The van der Waals surface area contributed by atoms with Crippen LogP contribution in [-0.2, 0) is 12.8 Å². The monoisotopic (exact) mass is 329 g/mol. The first kappa shape index (κ1) is 16.7. The van der Waals surface area contributed by atoms with Crippen molar-refractivity contribution in [1.29, 1.82) is 0 Å². The van der Waals surface area contributed by atoms with Gasteiger partial charge >= 0.3 is 0 Å². The molecule has 0 saturated carbocycles. The van der Waals surface area contributed by atoms with Crippen LogP contribution in [0, 0.1) is 11.7 Å². The van der Waals surface area contributed by atoms with Gasteiger partial charge in [0.1, 0.15) is 5.82 Å². The number of aromatic nitrogens is 2. The Morgan fingerprint density at radius 1 is 1.17 bits per heavy atom. The quantitative estimate of drug-likeness (QED) is 0.930. The number of benzene rings is 1. The minimum atomic E-state index is -0.275. The van der Waals surface area contributed by atoms with E-state index in [9.17, 15) is 9.18 Å². The Morgan fingerprint density at radius 3 is 2.50 bits per heavy atom. The lowest BCUT2D eigenvalue weighted by Crippen LogP contribution is -2.36. The van der Waals surface area contributed by atoms with Crippen molar-refractivity contribution >= 4 is 5.91 Å². The third-order valence-corrected chi connectivity index (χ3v) is 4.83. The van der Waals surface area contributed by atoms with Gasteiger partial charge < -0.3 is 5.32 Å². The Bertz CT molecular complexity index is 734. The molecule has 0 aliphatic heterocycles. The summed E-state index contributed by atoms with van der Waals surface area (Å²) in [5.74, 6) is -0.0253. The smallest absolute Gasteiger partial charge is 0.272 e. The van der Waals surface area contributed by atoms with E-state index in [1.165, 1.54) is 12.1 Å². The minimum Gasteiger partial charge on any atom is -0.348 e. The molecule has 128 valence electrons. The number of rotatable bonds is 4. The number of carbonyl (C=O) groups is 1. The van der Waals surface area contributed by atoms with Gasteiger partial charge in [0.25, 0.3) is 5.91 Å². The molecule has 1 aromatic heterocycles. The second-order valence-electron chi connectivity index (χ2n) is 6.88. The zero-order valence-corrected chi connectivity index (χ0v) is 14.5. The maximum atomic E-state index is 13.2. The lowest BCUT2D eigenvalue weighted by Gasteiger charge is -2.17. The Balaban J connectivity index is 1.98. The number of nitrogens with zero attached hydrogens (tertiary/aromatic N) is 2.